The minimum absolute atomic E-state index is 0.115. The van der Waals surface area contributed by atoms with Crippen LogP contribution in [-0.2, 0) is 4.74 Å². The number of ether oxygens (including phenoxy) is 1. The van der Waals surface area contributed by atoms with Crippen molar-refractivity contribution in [1.29, 1.82) is 0 Å². The Morgan fingerprint density at radius 3 is 2.11 bits per heavy atom. The van der Waals surface area contributed by atoms with Gasteiger partial charge in [-0.3, -0.25) is 0 Å². The van der Waals surface area contributed by atoms with Crippen LogP contribution in [0.5, 0.6) is 0 Å². The summed E-state index contributed by atoms with van der Waals surface area (Å²) in [5.41, 5.74) is 0. The van der Waals surface area contributed by atoms with Crippen molar-refractivity contribution < 1.29 is 9.94 Å². The highest BCUT2D eigenvalue weighted by Crippen LogP contribution is 2.14. The van der Waals surface area contributed by atoms with Crippen LogP contribution >= 0.6 is 11.6 Å². The van der Waals surface area contributed by atoms with E-state index in [1.165, 1.54) is 7.11 Å². The second-order valence-corrected chi connectivity index (χ2v) is 3.03. The molecule has 0 saturated carbocycles. The molecule has 0 aromatic rings. The van der Waals surface area contributed by atoms with Gasteiger partial charge in [-0.1, -0.05) is 5.16 Å². The average Bonchev–Trinajstić information content (AvgIpc) is 1.65. The Morgan fingerprint density at radius 1 is 1.67 bits per heavy atom. The van der Waals surface area contributed by atoms with E-state index in [0.717, 1.165) is 0 Å². The minimum Gasteiger partial charge on any atom is -0.481 e. The fourth-order valence-corrected chi connectivity index (χ4v) is 0.517. The lowest BCUT2D eigenvalue weighted by Gasteiger charge is -2.14. The van der Waals surface area contributed by atoms with Gasteiger partial charge in [0.25, 0.3) is 0 Å². The molecule has 0 aliphatic rings. The molecule has 0 aromatic heterocycles. The normalized spacial score (nSPS) is 13.6. The fraction of sp³-hybridized carbons (Fsp3) is 0.800. The van der Waals surface area contributed by atoms with Crippen LogP contribution in [0, 0.1) is 0 Å². The zero-order chi connectivity index (χ0) is 7.49. The van der Waals surface area contributed by atoms with Gasteiger partial charge in [-0.15, -0.1) is 11.6 Å². The van der Waals surface area contributed by atoms with Crippen LogP contribution in [0.25, 0.3) is 0 Å². The van der Waals surface area contributed by atoms with E-state index in [9.17, 15) is 0 Å². The number of oxime groups is 1. The molecule has 0 aliphatic carbocycles. The fourth-order valence-electron chi connectivity index (χ4n) is 0.402. The molecule has 54 valence electrons. The van der Waals surface area contributed by atoms with Gasteiger partial charge in [-0.25, -0.2) is 0 Å². The van der Waals surface area contributed by atoms with Crippen molar-refractivity contribution >= 4 is 17.5 Å². The van der Waals surface area contributed by atoms with Gasteiger partial charge in [0.15, 0.2) is 0 Å². The van der Waals surface area contributed by atoms with E-state index < -0.39 is 4.87 Å². The molecule has 0 radical (unpaired) electrons. The lowest BCUT2D eigenvalue weighted by molar-refractivity contribution is 0.276. The smallest absolute Gasteiger partial charge is 0.246 e. The van der Waals surface area contributed by atoms with E-state index in [-0.39, 0.29) is 5.90 Å². The maximum absolute atomic E-state index is 8.24. The Morgan fingerprint density at radius 2 is 2.11 bits per heavy atom. The van der Waals surface area contributed by atoms with Crippen LogP contribution in [-0.4, -0.2) is 23.1 Å². The molecule has 0 unspecified atom stereocenters. The van der Waals surface area contributed by atoms with E-state index in [0.29, 0.717) is 0 Å². The van der Waals surface area contributed by atoms with Gasteiger partial charge in [0.2, 0.25) is 5.90 Å². The molecule has 4 heteroatoms. The van der Waals surface area contributed by atoms with E-state index in [1.807, 2.05) is 0 Å². The predicted octanol–water partition coefficient (Wildman–Crippen LogP) is 1.44. The van der Waals surface area contributed by atoms with Crippen LogP contribution in [0.3, 0.4) is 0 Å². The Bertz CT molecular complexity index is 117. The highest BCUT2D eigenvalue weighted by Gasteiger charge is 2.23. The summed E-state index contributed by atoms with van der Waals surface area (Å²) in [5, 5.41) is 11.1. The zero-order valence-corrected chi connectivity index (χ0v) is 6.44. The largest absolute Gasteiger partial charge is 0.481 e. The summed E-state index contributed by atoms with van der Waals surface area (Å²) in [7, 11) is 1.40. The third kappa shape index (κ3) is 2.56. The molecule has 0 fully saturated rings. The number of hydrogen-bond donors (Lipinski definition) is 1. The second-order valence-electron chi connectivity index (χ2n) is 2.08. The van der Waals surface area contributed by atoms with Crippen molar-refractivity contribution in [3.63, 3.8) is 0 Å². The lowest BCUT2D eigenvalue weighted by atomic mass is 10.2. The molecule has 9 heavy (non-hydrogen) atoms. The van der Waals surface area contributed by atoms with Gasteiger partial charge < -0.3 is 9.94 Å². The molecule has 0 amide bonds. The number of rotatable bonds is 1. The Balaban J connectivity index is 4.14. The second kappa shape index (κ2) is 2.92. The van der Waals surface area contributed by atoms with E-state index in [2.05, 4.69) is 9.89 Å². The average molecular weight is 152 g/mol. The summed E-state index contributed by atoms with van der Waals surface area (Å²) < 4.78 is 4.63. The molecule has 0 aliphatic heterocycles. The van der Waals surface area contributed by atoms with Crippen LogP contribution < -0.4 is 0 Å². The zero-order valence-electron chi connectivity index (χ0n) is 5.68. The lowest BCUT2D eigenvalue weighted by Crippen LogP contribution is -2.26. The molecule has 0 atom stereocenters. The van der Waals surface area contributed by atoms with E-state index >= 15 is 0 Å². The van der Waals surface area contributed by atoms with Gasteiger partial charge in [-0.2, -0.15) is 0 Å². The van der Waals surface area contributed by atoms with Crippen molar-refractivity contribution in [2.75, 3.05) is 7.11 Å². The predicted molar refractivity (Wildman–Crippen MR) is 36.2 cm³/mol. The number of nitrogens with zero attached hydrogens (tertiary/aromatic N) is 1. The van der Waals surface area contributed by atoms with Crippen molar-refractivity contribution in [3.8, 4) is 0 Å². The molecule has 0 bridgehead atoms. The highest BCUT2D eigenvalue weighted by atomic mass is 35.5. The van der Waals surface area contributed by atoms with Gasteiger partial charge >= 0.3 is 0 Å². The van der Waals surface area contributed by atoms with Gasteiger partial charge in [0.1, 0.15) is 4.87 Å². The third-order valence-electron chi connectivity index (χ3n) is 0.793. The molecular formula is C5H10ClNO2. The highest BCUT2D eigenvalue weighted by molar-refractivity contribution is 6.34. The number of alkyl halides is 1. The monoisotopic (exact) mass is 151 g/mol. The Kier molecular flexibility index (Phi) is 2.77. The molecule has 0 spiro atoms. The standard InChI is InChI=1S/C5H10ClNO2/c1-5(2,6)4(7-8)9-3/h8H,1-3H3. The quantitative estimate of drug-likeness (QED) is 0.203. The topological polar surface area (TPSA) is 41.8 Å². The third-order valence-corrected chi connectivity index (χ3v) is 0.954. The summed E-state index contributed by atoms with van der Waals surface area (Å²) in [5.74, 6) is 0.115. The van der Waals surface area contributed by atoms with Crippen molar-refractivity contribution in [1.82, 2.24) is 0 Å². The summed E-state index contributed by atoms with van der Waals surface area (Å²) in [6, 6.07) is 0. The summed E-state index contributed by atoms with van der Waals surface area (Å²) in [6.07, 6.45) is 0. The minimum atomic E-state index is -0.733. The van der Waals surface area contributed by atoms with Crippen LogP contribution in [0.1, 0.15) is 13.8 Å². The number of halogens is 1. The first-order valence-electron chi connectivity index (χ1n) is 2.47. The molecule has 0 aromatic carbocycles. The Labute approximate surface area is 59.3 Å². The van der Waals surface area contributed by atoms with Crippen LogP contribution in [0.15, 0.2) is 5.16 Å². The SMILES string of the molecule is COC(=NO)C(C)(C)Cl. The Hall–Kier alpha value is -0.440. The maximum Gasteiger partial charge on any atom is 0.246 e. The molecule has 0 rings (SSSR count). The molecule has 1 N–H and O–H groups in total. The van der Waals surface area contributed by atoms with Crippen molar-refractivity contribution in [2.24, 2.45) is 5.16 Å². The summed E-state index contributed by atoms with van der Waals surface area (Å²) in [4.78, 5) is -0.733. The number of methoxy groups -OCH3 is 1. The van der Waals surface area contributed by atoms with E-state index in [4.69, 9.17) is 16.8 Å². The van der Waals surface area contributed by atoms with Crippen LogP contribution in [0.4, 0.5) is 0 Å². The van der Waals surface area contributed by atoms with Gasteiger partial charge in [0.05, 0.1) is 7.11 Å². The first-order chi connectivity index (χ1) is 4.02. The molecule has 0 saturated heterocycles. The molecule has 3 nitrogen and oxygen atoms in total. The molecule has 0 heterocycles. The first kappa shape index (κ1) is 8.56. The van der Waals surface area contributed by atoms with Gasteiger partial charge in [0, 0.05) is 0 Å². The van der Waals surface area contributed by atoms with E-state index in [1.54, 1.807) is 13.8 Å². The number of hydrogen-bond acceptors (Lipinski definition) is 3. The van der Waals surface area contributed by atoms with Crippen molar-refractivity contribution in [3.05, 3.63) is 0 Å². The first-order valence-corrected chi connectivity index (χ1v) is 2.85. The molecular weight excluding hydrogens is 142 g/mol. The summed E-state index contributed by atoms with van der Waals surface area (Å²) in [6.45, 7) is 3.35. The van der Waals surface area contributed by atoms with Crippen LogP contribution in [0.2, 0.25) is 0 Å². The summed E-state index contributed by atoms with van der Waals surface area (Å²) >= 11 is 5.68. The van der Waals surface area contributed by atoms with Crippen molar-refractivity contribution in [2.45, 2.75) is 18.7 Å². The maximum atomic E-state index is 8.24. The van der Waals surface area contributed by atoms with Gasteiger partial charge in [-0.05, 0) is 13.8 Å².